The fourth-order valence-corrected chi connectivity index (χ4v) is 5.39. The van der Waals surface area contributed by atoms with Crippen molar-refractivity contribution in [3.8, 4) is 11.1 Å². The lowest BCUT2D eigenvalue weighted by Crippen LogP contribution is -2.21. The van der Waals surface area contributed by atoms with Crippen LogP contribution >= 0.6 is 0 Å². The highest BCUT2D eigenvalue weighted by Gasteiger charge is 2.36. The Hall–Kier alpha value is -4.65. The van der Waals surface area contributed by atoms with Crippen LogP contribution in [0.1, 0.15) is 56.4 Å². The maximum absolute atomic E-state index is 4.93. The highest BCUT2D eigenvalue weighted by molar-refractivity contribution is 6.02. The summed E-state index contributed by atoms with van der Waals surface area (Å²) in [7, 11) is 0. The van der Waals surface area contributed by atoms with E-state index in [4.69, 9.17) is 10.9 Å². The number of benzene rings is 2. The van der Waals surface area contributed by atoms with Crippen molar-refractivity contribution in [3.05, 3.63) is 138 Å². The van der Waals surface area contributed by atoms with E-state index >= 15 is 0 Å². The van der Waals surface area contributed by atoms with Crippen molar-refractivity contribution in [1.82, 2.24) is 10.4 Å². The summed E-state index contributed by atoms with van der Waals surface area (Å²) in [5.74, 6) is 5.52. The standard InChI is InChI=1S/C31H30N4.C5H10N2.C2H6/c1-31(2)28-12-8-5-7-11-26(28)27-14-13-23(20-29(27)31)24-17-22(21-32-3)18-25(19-24)30(33-4)34-35-15-9-6-10-16-35;1-2-3-4-5-7-6;1-2/h5-10,12-15,17-20H,3-4,11,16,21H2,1-2H3;2-4,7H,1,5-6H2;1-2H3/b34-30-;4-3-;. The molecule has 1 heterocycles. The molecule has 1 aliphatic heterocycles. The first kappa shape index (κ1) is 33.8. The fourth-order valence-electron chi connectivity index (χ4n) is 5.39. The van der Waals surface area contributed by atoms with Gasteiger partial charge in [-0.25, -0.2) is 4.99 Å². The molecule has 6 nitrogen and oxygen atoms in total. The zero-order chi connectivity index (χ0) is 32.0. The molecule has 6 heteroatoms. The van der Waals surface area contributed by atoms with Crippen molar-refractivity contribution in [2.45, 2.75) is 46.1 Å². The normalized spacial score (nSPS) is 15.9. The molecule has 0 bridgehead atoms. The van der Waals surface area contributed by atoms with Gasteiger partial charge in [-0.1, -0.05) is 101 Å². The van der Waals surface area contributed by atoms with Crippen LogP contribution in [0.5, 0.6) is 0 Å². The van der Waals surface area contributed by atoms with Gasteiger partial charge in [0.1, 0.15) is 0 Å². The zero-order valence-corrected chi connectivity index (χ0v) is 26.6. The number of hydrogen-bond acceptors (Lipinski definition) is 5. The van der Waals surface area contributed by atoms with Crippen LogP contribution in [0, 0.1) is 0 Å². The van der Waals surface area contributed by atoms with Crippen LogP contribution < -0.4 is 11.3 Å². The molecular weight excluding hydrogens is 540 g/mol. The van der Waals surface area contributed by atoms with E-state index in [1.165, 1.54) is 27.8 Å². The molecule has 0 amide bonds. The quantitative estimate of drug-likeness (QED) is 0.108. The monoisotopic (exact) mass is 586 g/mol. The van der Waals surface area contributed by atoms with Crippen molar-refractivity contribution >= 4 is 24.8 Å². The Kier molecular flexibility index (Phi) is 13.0. The third kappa shape index (κ3) is 8.25. The lowest BCUT2D eigenvalue weighted by molar-refractivity contribution is 0.439. The molecular formula is C38H46N6. The summed E-state index contributed by atoms with van der Waals surface area (Å²) in [6.45, 7) is 21.6. The van der Waals surface area contributed by atoms with Gasteiger partial charge in [0, 0.05) is 23.7 Å². The van der Waals surface area contributed by atoms with E-state index in [1.54, 1.807) is 6.08 Å². The third-order valence-electron chi connectivity index (χ3n) is 7.41. The van der Waals surface area contributed by atoms with Crippen LogP contribution in [-0.2, 0) is 12.0 Å². The maximum atomic E-state index is 4.93. The van der Waals surface area contributed by atoms with Crippen molar-refractivity contribution in [2.24, 2.45) is 20.9 Å². The van der Waals surface area contributed by atoms with E-state index in [2.05, 4.69) is 116 Å². The summed E-state index contributed by atoms with van der Waals surface area (Å²) in [5, 5.41) is 6.58. The Morgan fingerprint density at radius 2 is 1.82 bits per heavy atom. The van der Waals surface area contributed by atoms with Gasteiger partial charge in [0.2, 0.25) is 0 Å². The zero-order valence-electron chi connectivity index (χ0n) is 26.6. The first-order chi connectivity index (χ1) is 21.4. The summed E-state index contributed by atoms with van der Waals surface area (Å²) in [5.41, 5.74) is 12.3. The maximum Gasteiger partial charge on any atom is 0.178 e. The van der Waals surface area contributed by atoms with Crippen LogP contribution in [0.3, 0.4) is 0 Å². The van der Waals surface area contributed by atoms with Crippen LogP contribution in [0.2, 0.25) is 0 Å². The summed E-state index contributed by atoms with van der Waals surface area (Å²) < 4.78 is 0. The first-order valence-electron chi connectivity index (χ1n) is 15.1. The number of rotatable bonds is 8. The number of hydrazine groups is 1. The van der Waals surface area contributed by atoms with Gasteiger partial charge in [-0.3, -0.25) is 21.3 Å². The topological polar surface area (TPSA) is 78.4 Å². The Bertz CT molecular complexity index is 1540. The highest BCUT2D eigenvalue weighted by atomic mass is 15.5. The van der Waals surface area contributed by atoms with Crippen LogP contribution in [0.4, 0.5) is 0 Å². The Morgan fingerprint density at radius 1 is 1.02 bits per heavy atom. The van der Waals surface area contributed by atoms with Crippen LogP contribution in [0.25, 0.3) is 16.7 Å². The molecule has 228 valence electrons. The van der Waals surface area contributed by atoms with E-state index in [-0.39, 0.29) is 5.41 Å². The van der Waals surface area contributed by atoms with Gasteiger partial charge in [0.15, 0.2) is 5.84 Å². The molecule has 0 fully saturated rings. The summed E-state index contributed by atoms with van der Waals surface area (Å²) in [6.07, 6.45) is 23.2. The van der Waals surface area contributed by atoms with Gasteiger partial charge in [0.05, 0.1) is 13.1 Å². The van der Waals surface area contributed by atoms with Crippen molar-refractivity contribution in [3.63, 3.8) is 0 Å². The van der Waals surface area contributed by atoms with Gasteiger partial charge in [-0.05, 0) is 89.2 Å². The molecule has 2 aromatic rings. The van der Waals surface area contributed by atoms with Crippen molar-refractivity contribution < 1.29 is 0 Å². The third-order valence-corrected chi connectivity index (χ3v) is 7.41. The first-order valence-corrected chi connectivity index (χ1v) is 15.1. The van der Waals surface area contributed by atoms with Crippen molar-refractivity contribution in [2.75, 3.05) is 13.1 Å². The van der Waals surface area contributed by atoms with Gasteiger partial charge in [0.25, 0.3) is 0 Å². The summed E-state index contributed by atoms with van der Waals surface area (Å²) in [4.78, 5) is 8.39. The lowest BCUT2D eigenvalue weighted by atomic mass is 9.80. The number of nitrogens with one attached hydrogen (secondary N) is 1. The molecule has 2 aliphatic carbocycles. The molecule has 0 unspecified atom stereocenters. The van der Waals surface area contributed by atoms with Gasteiger partial charge < -0.3 is 0 Å². The number of hydrazone groups is 1. The average molecular weight is 587 g/mol. The lowest BCUT2D eigenvalue weighted by Gasteiger charge is -2.23. The average Bonchev–Trinajstić information content (AvgIpc) is 3.20. The summed E-state index contributed by atoms with van der Waals surface area (Å²) in [6, 6.07) is 13.3. The number of hydrogen-bond donors (Lipinski definition) is 2. The van der Waals surface area contributed by atoms with E-state index in [9.17, 15) is 0 Å². The highest BCUT2D eigenvalue weighted by Crippen LogP contribution is 2.49. The molecule has 2 aromatic carbocycles. The number of aliphatic imine (C=N–C) groups is 2. The van der Waals surface area contributed by atoms with Gasteiger partial charge in [-0.2, -0.15) is 5.10 Å². The molecule has 0 spiro atoms. The molecule has 0 saturated carbocycles. The molecule has 0 saturated heterocycles. The second-order valence-electron chi connectivity index (χ2n) is 10.6. The van der Waals surface area contributed by atoms with Gasteiger partial charge in [-0.15, -0.1) is 0 Å². The van der Waals surface area contributed by atoms with Crippen molar-refractivity contribution in [1.29, 1.82) is 0 Å². The fraction of sp³-hybridized carbons (Fsp3) is 0.237. The molecule has 3 aliphatic rings. The smallest absolute Gasteiger partial charge is 0.178 e. The molecule has 3 N–H and O–H groups in total. The molecule has 5 rings (SSSR count). The van der Waals surface area contributed by atoms with Crippen LogP contribution in [-0.4, -0.2) is 37.4 Å². The summed E-state index contributed by atoms with van der Waals surface area (Å²) >= 11 is 0. The predicted molar refractivity (Wildman–Crippen MR) is 192 cm³/mol. The second-order valence-corrected chi connectivity index (χ2v) is 10.6. The van der Waals surface area contributed by atoms with E-state index < -0.39 is 0 Å². The minimum absolute atomic E-state index is 0.0459. The molecule has 0 aromatic heterocycles. The van der Waals surface area contributed by atoms with Gasteiger partial charge >= 0.3 is 0 Å². The number of allylic oxidation sites excluding steroid dienone is 10. The predicted octanol–water partition coefficient (Wildman–Crippen LogP) is 8.08. The van der Waals surface area contributed by atoms with E-state index in [0.29, 0.717) is 25.5 Å². The number of nitrogens with two attached hydrogens (primary N) is 1. The molecule has 0 radical (unpaired) electrons. The van der Waals surface area contributed by atoms with Crippen LogP contribution in [0.15, 0.2) is 131 Å². The number of fused-ring (bicyclic) bond motifs is 2. The largest absolute Gasteiger partial charge is 0.296 e. The molecule has 0 atom stereocenters. The number of nitrogens with zero attached hydrogens (tertiary/aromatic N) is 4. The Morgan fingerprint density at radius 3 is 2.50 bits per heavy atom. The SMILES string of the molecule is C=C/C=C\CNN.C=NCc1cc(/C(N=C)=N/N2C=CC=CC2)cc(-c2ccc3c(c2)C(C)(C)C2=C3CC=CC=C2)c1.CC. The Balaban J connectivity index is 0.000000520. The number of amidine groups is 1. The minimum atomic E-state index is -0.0459. The molecule has 44 heavy (non-hydrogen) atoms. The minimum Gasteiger partial charge on any atom is -0.296 e. The second kappa shape index (κ2) is 16.8. The van der Waals surface area contributed by atoms with E-state index in [0.717, 1.165) is 23.1 Å². The Labute approximate surface area is 263 Å². The van der Waals surface area contributed by atoms with E-state index in [1.807, 2.05) is 49.4 Å².